The fraction of sp³-hybridized carbons (Fsp3) is 0.688. The number of thiazole rings is 1. The summed E-state index contributed by atoms with van der Waals surface area (Å²) in [5.74, 6) is 1.79. The molecular weight excluding hydrogens is 356 g/mol. The van der Waals surface area contributed by atoms with Gasteiger partial charge in [-0.25, -0.2) is 19.3 Å². The summed E-state index contributed by atoms with van der Waals surface area (Å²) in [6.07, 6.45) is 2.15. The first kappa shape index (κ1) is 17.4. The van der Waals surface area contributed by atoms with Crippen LogP contribution in [0.3, 0.4) is 0 Å². The van der Waals surface area contributed by atoms with Gasteiger partial charge >= 0.3 is 0 Å². The van der Waals surface area contributed by atoms with Crippen LogP contribution in [0.15, 0.2) is 0 Å². The Morgan fingerprint density at radius 2 is 1.80 bits per heavy atom. The number of hydrogen-bond acceptors (Lipinski definition) is 9. The monoisotopic (exact) mass is 380 g/mol. The van der Waals surface area contributed by atoms with Crippen molar-refractivity contribution in [2.24, 2.45) is 0 Å². The van der Waals surface area contributed by atoms with E-state index in [4.69, 9.17) is 9.72 Å². The lowest BCUT2D eigenvalue weighted by Gasteiger charge is -2.32. The molecule has 0 atom stereocenters. The van der Waals surface area contributed by atoms with Crippen molar-refractivity contribution in [3.63, 3.8) is 0 Å². The third-order valence-corrected chi connectivity index (χ3v) is 6.47. The number of piperazine rings is 1. The van der Waals surface area contributed by atoms with Crippen LogP contribution in [0.5, 0.6) is 0 Å². The highest BCUT2D eigenvalue weighted by Gasteiger charge is 2.22. The van der Waals surface area contributed by atoms with E-state index in [1.165, 1.54) is 0 Å². The van der Waals surface area contributed by atoms with E-state index < -0.39 is 0 Å². The summed E-state index contributed by atoms with van der Waals surface area (Å²) in [6, 6.07) is 0. The average Bonchev–Trinajstić information content (AvgIpc) is 3.04. The van der Waals surface area contributed by atoms with E-state index in [-0.39, 0.29) is 0 Å². The smallest absolute Gasteiger partial charge is 0.160 e. The zero-order valence-corrected chi connectivity index (χ0v) is 16.4. The standard InChI is InChI=1S/C16H24N6OS2/c1-12-17-15(21-7-9-23-10-8-21)14-16(18-12)25-13(19-14)11-20-3-5-22(24-2)6-4-20/h3-11H2,1-2H3. The number of fused-ring (bicyclic) bond motifs is 1. The lowest BCUT2D eigenvalue weighted by atomic mass is 10.3. The molecule has 136 valence electrons. The van der Waals surface area contributed by atoms with E-state index in [2.05, 4.69) is 30.3 Å². The van der Waals surface area contributed by atoms with Crippen molar-refractivity contribution >= 4 is 39.4 Å². The number of rotatable bonds is 4. The van der Waals surface area contributed by atoms with E-state index in [1.807, 2.05) is 18.9 Å². The van der Waals surface area contributed by atoms with Gasteiger partial charge in [0, 0.05) is 39.3 Å². The van der Waals surface area contributed by atoms with Gasteiger partial charge < -0.3 is 9.64 Å². The van der Waals surface area contributed by atoms with Crippen LogP contribution in [0.2, 0.25) is 0 Å². The van der Waals surface area contributed by atoms with Crippen molar-refractivity contribution < 1.29 is 4.74 Å². The highest BCUT2D eigenvalue weighted by atomic mass is 32.2. The summed E-state index contributed by atoms with van der Waals surface area (Å²) in [5, 5.41) is 1.14. The molecule has 9 heteroatoms. The fourth-order valence-corrected chi connectivity index (χ4v) is 4.83. The van der Waals surface area contributed by atoms with E-state index in [1.54, 1.807) is 11.3 Å². The third-order valence-electron chi connectivity index (χ3n) is 4.66. The quantitative estimate of drug-likeness (QED) is 0.742. The molecule has 2 fully saturated rings. The van der Waals surface area contributed by atoms with Gasteiger partial charge in [-0.1, -0.05) is 23.3 Å². The van der Waals surface area contributed by atoms with Crippen molar-refractivity contribution in [3.8, 4) is 0 Å². The molecule has 0 bridgehead atoms. The second-order valence-electron chi connectivity index (χ2n) is 6.34. The Kier molecular flexibility index (Phi) is 5.37. The van der Waals surface area contributed by atoms with Crippen molar-refractivity contribution in [1.82, 2.24) is 24.2 Å². The van der Waals surface area contributed by atoms with Crippen LogP contribution < -0.4 is 4.90 Å². The number of morpholine rings is 1. The van der Waals surface area contributed by atoms with Gasteiger partial charge in [-0.3, -0.25) is 4.90 Å². The second-order valence-corrected chi connectivity index (χ2v) is 8.29. The molecular formula is C16H24N6OS2. The first-order chi connectivity index (χ1) is 12.2. The van der Waals surface area contributed by atoms with Crippen LogP contribution in [0.4, 0.5) is 5.82 Å². The average molecular weight is 381 g/mol. The fourth-order valence-electron chi connectivity index (χ4n) is 3.28. The topological polar surface area (TPSA) is 57.6 Å². The highest BCUT2D eigenvalue weighted by Crippen LogP contribution is 2.29. The van der Waals surface area contributed by atoms with Crippen molar-refractivity contribution in [3.05, 3.63) is 10.8 Å². The maximum absolute atomic E-state index is 5.47. The van der Waals surface area contributed by atoms with Gasteiger partial charge in [-0.15, -0.1) is 0 Å². The molecule has 0 spiro atoms. The molecule has 25 heavy (non-hydrogen) atoms. The summed E-state index contributed by atoms with van der Waals surface area (Å²) in [4.78, 5) is 20.0. The summed E-state index contributed by atoms with van der Waals surface area (Å²) < 4.78 is 7.89. The van der Waals surface area contributed by atoms with Crippen LogP contribution in [0, 0.1) is 6.92 Å². The van der Waals surface area contributed by atoms with Gasteiger partial charge in [0.05, 0.1) is 19.8 Å². The number of ether oxygens (including phenoxy) is 1. The SMILES string of the molecule is CSN1CCN(Cc2nc3c(N4CCOCC4)nc(C)nc3s2)CC1. The zero-order chi connectivity index (χ0) is 17.2. The molecule has 2 aromatic heterocycles. The molecule has 7 nitrogen and oxygen atoms in total. The molecule has 2 aliphatic rings. The number of nitrogens with zero attached hydrogens (tertiary/aromatic N) is 6. The van der Waals surface area contributed by atoms with Gasteiger partial charge in [0.25, 0.3) is 0 Å². The lowest BCUT2D eigenvalue weighted by molar-refractivity contribution is 0.122. The summed E-state index contributed by atoms with van der Waals surface area (Å²) in [6.45, 7) is 10.5. The van der Waals surface area contributed by atoms with Gasteiger partial charge in [-0.2, -0.15) is 0 Å². The maximum atomic E-state index is 5.47. The van der Waals surface area contributed by atoms with Crippen LogP contribution in [-0.4, -0.2) is 82.9 Å². The molecule has 4 rings (SSSR count). The van der Waals surface area contributed by atoms with Gasteiger partial charge in [0.2, 0.25) is 0 Å². The molecule has 0 unspecified atom stereocenters. The minimum absolute atomic E-state index is 0.751. The molecule has 0 amide bonds. The van der Waals surface area contributed by atoms with Crippen molar-refractivity contribution in [2.45, 2.75) is 13.5 Å². The molecule has 2 aromatic rings. The van der Waals surface area contributed by atoms with Gasteiger partial charge in [0.15, 0.2) is 5.82 Å². The van der Waals surface area contributed by atoms with Crippen molar-refractivity contribution in [2.75, 3.05) is 63.6 Å². The Labute approximate surface area is 156 Å². The highest BCUT2D eigenvalue weighted by molar-refractivity contribution is 7.96. The molecule has 0 radical (unpaired) electrons. The zero-order valence-electron chi connectivity index (χ0n) is 14.8. The Morgan fingerprint density at radius 3 is 2.52 bits per heavy atom. The maximum Gasteiger partial charge on any atom is 0.160 e. The largest absolute Gasteiger partial charge is 0.378 e. The molecule has 0 aliphatic carbocycles. The molecule has 0 aromatic carbocycles. The Morgan fingerprint density at radius 1 is 1.04 bits per heavy atom. The predicted molar refractivity (Wildman–Crippen MR) is 103 cm³/mol. The molecule has 0 saturated carbocycles. The van der Waals surface area contributed by atoms with E-state index >= 15 is 0 Å². The number of aromatic nitrogens is 3. The minimum Gasteiger partial charge on any atom is -0.378 e. The van der Waals surface area contributed by atoms with E-state index in [0.717, 1.165) is 86.0 Å². The lowest BCUT2D eigenvalue weighted by Crippen LogP contribution is -2.42. The van der Waals surface area contributed by atoms with Crippen LogP contribution in [-0.2, 0) is 11.3 Å². The first-order valence-electron chi connectivity index (χ1n) is 8.71. The van der Waals surface area contributed by atoms with Crippen LogP contribution >= 0.6 is 23.3 Å². The Balaban J connectivity index is 1.55. The minimum atomic E-state index is 0.751. The van der Waals surface area contributed by atoms with E-state index in [9.17, 15) is 0 Å². The Hall–Kier alpha value is -1.00. The third kappa shape index (κ3) is 3.90. The number of aryl methyl sites for hydroxylation is 1. The predicted octanol–water partition coefficient (Wildman–Crippen LogP) is 1.63. The van der Waals surface area contributed by atoms with Gasteiger partial charge in [-0.05, 0) is 13.2 Å². The summed E-state index contributed by atoms with van der Waals surface area (Å²) >= 11 is 3.55. The molecule has 0 N–H and O–H groups in total. The van der Waals surface area contributed by atoms with Crippen LogP contribution in [0.1, 0.15) is 10.8 Å². The summed E-state index contributed by atoms with van der Waals surface area (Å²) in [5.41, 5.74) is 0.954. The molecule has 2 aliphatic heterocycles. The van der Waals surface area contributed by atoms with Crippen molar-refractivity contribution in [1.29, 1.82) is 0 Å². The molecule has 4 heterocycles. The van der Waals surface area contributed by atoms with Gasteiger partial charge in [0.1, 0.15) is 21.2 Å². The first-order valence-corrected chi connectivity index (χ1v) is 10.7. The second kappa shape index (κ2) is 7.71. The van der Waals surface area contributed by atoms with Crippen LogP contribution in [0.25, 0.3) is 10.3 Å². The number of hydrogen-bond donors (Lipinski definition) is 0. The van der Waals surface area contributed by atoms with E-state index in [0.29, 0.717) is 0 Å². The normalized spacial score (nSPS) is 20.5. The molecule has 2 saturated heterocycles. The summed E-state index contributed by atoms with van der Waals surface area (Å²) in [7, 11) is 0. The number of anilines is 1. The Bertz CT molecular complexity index is 725.